The van der Waals surface area contributed by atoms with Crippen LogP contribution >= 0.6 is 0 Å². The van der Waals surface area contributed by atoms with Gasteiger partial charge in [0.2, 0.25) is 0 Å². The largest absolute Gasteiger partial charge is 0.342 e. The summed E-state index contributed by atoms with van der Waals surface area (Å²) in [6, 6.07) is 9.08. The summed E-state index contributed by atoms with van der Waals surface area (Å²) in [4.78, 5) is 5.51. The van der Waals surface area contributed by atoms with Crippen molar-refractivity contribution in [1.29, 1.82) is 5.26 Å². The highest BCUT2D eigenvalue weighted by molar-refractivity contribution is 5.51. The van der Waals surface area contributed by atoms with Crippen molar-refractivity contribution in [3.63, 3.8) is 0 Å². The van der Waals surface area contributed by atoms with Crippen molar-refractivity contribution in [3.05, 3.63) is 59.7 Å². The molecule has 0 radical (unpaired) electrons. The first-order valence-electron chi connectivity index (χ1n) is 8.06. The first-order valence-corrected chi connectivity index (χ1v) is 8.06. The van der Waals surface area contributed by atoms with E-state index in [2.05, 4.69) is 10.1 Å². The Balaban J connectivity index is 1.85. The summed E-state index contributed by atoms with van der Waals surface area (Å²) < 4.78 is 44.7. The molecule has 5 nitrogen and oxygen atoms in total. The monoisotopic (exact) mass is 357 g/mol. The van der Waals surface area contributed by atoms with Gasteiger partial charge in [0.15, 0.2) is 11.3 Å². The van der Waals surface area contributed by atoms with Gasteiger partial charge in [-0.3, -0.25) is 0 Å². The molecule has 132 valence electrons. The number of aromatic nitrogens is 3. The second-order valence-corrected chi connectivity index (χ2v) is 6.40. The van der Waals surface area contributed by atoms with Crippen LogP contribution in [-0.2, 0) is 0 Å². The molecule has 0 N–H and O–H groups in total. The van der Waals surface area contributed by atoms with Gasteiger partial charge in [-0.2, -0.15) is 5.26 Å². The Hall–Kier alpha value is -3.08. The molecule has 1 aliphatic rings. The Morgan fingerprint density at radius 2 is 2.08 bits per heavy atom. The average molecular weight is 357 g/mol. The van der Waals surface area contributed by atoms with Crippen molar-refractivity contribution in [2.24, 2.45) is 5.92 Å². The minimum atomic E-state index is -3.06. The molecule has 2 aromatic heterocycles. The van der Waals surface area contributed by atoms with E-state index in [1.54, 1.807) is 12.1 Å². The van der Waals surface area contributed by atoms with Crippen LogP contribution < -0.4 is 4.90 Å². The number of imidazole rings is 1. The third kappa shape index (κ3) is 2.39. The molecule has 0 saturated carbocycles. The van der Waals surface area contributed by atoms with Gasteiger partial charge in [0, 0.05) is 12.5 Å². The summed E-state index contributed by atoms with van der Waals surface area (Å²) in [5, 5.41) is 13.5. The van der Waals surface area contributed by atoms with Crippen LogP contribution in [0.25, 0.3) is 5.65 Å². The van der Waals surface area contributed by atoms with E-state index >= 15 is 0 Å². The number of nitrogens with zero attached hydrogens (tertiary/aromatic N) is 5. The van der Waals surface area contributed by atoms with Crippen molar-refractivity contribution >= 4 is 11.5 Å². The van der Waals surface area contributed by atoms with Gasteiger partial charge < -0.3 is 4.90 Å². The maximum absolute atomic E-state index is 14.9. The fourth-order valence-electron chi connectivity index (χ4n) is 3.40. The zero-order valence-electron chi connectivity index (χ0n) is 13.8. The Morgan fingerprint density at radius 3 is 2.81 bits per heavy atom. The van der Waals surface area contributed by atoms with E-state index in [0.29, 0.717) is 5.65 Å². The molecule has 1 saturated heterocycles. The Bertz CT molecular complexity index is 1020. The van der Waals surface area contributed by atoms with Crippen LogP contribution in [0.3, 0.4) is 0 Å². The summed E-state index contributed by atoms with van der Waals surface area (Å²) in [5.41, 5.74) is 0.849. The van der Waals surface area contributed by atoms with Crippen LogP contribution in [-0.4, -0.2) is 27.1 Å². The van der Waals surface area contributed by atoms with E-state index in [-0.39, 0.29) is 23.6 Å². The SMILES string of the molecule is C[C@@H]1CN(c2ccc3ncc(C#N)n3n2)[C@@H](c2cccc(F)c2)C1(F)F. The maximum Gasteiger partial charge on any atom is 0.276 e. The molecule has 3 aromatic rings. The third-order valence-corrected chi connectivity index (χ3v) is 4.73. The number of halogens is 3. The molecule has 0 spiro atoms. The fraction of sp³-hybridized carbons (Fsp3) is 0.278. The highest BCUT2D eigenvalue weighted by Gasteiger charge is 2.55. The van der Waals surface area contributed by atoms with Crippen molar-refractivity contribution in [2.45, 2.75) is 18.9 Å². The van der Waals surface area contributed by atoms with Crippen LogP contribution in [0, 0.1) is 23.1 Å². The summed E-state index contributed by atoms with van der Waals surface area (Å²) in [5.74, 6) is -4.28. The van der Waals surface area contributed by atoms with E-state index in [9.17, 15) is 13.2 Å². The van der Waals surface area contributed by atoms with E-state index in [1.807, 2.05) is 6.07 Å². The zero-order valence-corrected chi connectivity index (χ0v) is 13.8. The number of anilines is 1. The standard InChI is InChI=1S/C18H14F3N5/c1-11-10-25(16-6-5-15-23-9-14(8-22)26(15)24-16)17(18(11,20)21)12-3-2-4-13(19)7-12/h2-7,9,11,17H,10H2,1H3/t11-,17+/m1/s1. The molecule has 8 heteroatoms. The van der Waals surface area contributed by atoms with E-state index in [1.165, 1.54) is 40.7 Å². The quantitative estimate of drug-likeness (QED) is 0.704. The third-order valence-electron chi connectivity index (χ3n) is 4.73. The summed E-state index contributed by atoms with van der Waals surface area (Å²) in [7, 11) is 0. The highest BCUT2D eigenvalue weighted by Crippen LogP contribution is 2.49. The molecule has 3 heterocycles. The second kappa shape index (κ2) is 5.73. The lowest BCUT2D eigenvalue weighted by Gasteiger charge is -2.29. The average Bonchev–Trinajstić information content (AvgIpc) is 3.12. The summed E-state index contributed by atoms with van der Waals surface area (Å²) in [6.07, 6.45) is 1.37. The number of hydrogen-bond acceptors (Lipinski definition) is 4. The van der Waals surface area contributed by atoms with Crippen molar-refractivity contribution in [1.82, 2.24) is 14.6 Å². The maximum atomic E-state index is 14.9. The molecule has 0 amide bonds. The van der Waals surface area contributed by atoms with Crippen LogP contribution in [0.2, 0.25) is 0 Å². The van der Waals surface area contributed by atoms with Gasteiger partial charge in [0.25, 0.3) is 5.92 Å². The smallest absolute Gasteiger partial charge is 0.276 e. The first-order chi connectivity index (χ1) is 12.4. The second-order valence-electron chi connectivity index (χ2n) is 6.40. The Morgan fingerprint density at radius 1 is 1.27 bits per heavy atom. The number of rotatable bonds is 2. The molecule has 1 aliphatic heterocycles. The molecule has 0 unspecified atom stereocenters. The van der Waals surface area contributed by atoms with Crippen LogP contribution in [0.5, 0.6) is 0 Å². The molecule has 1 aromatic carbocycles. The van der Waals surface area contributed by atoms with E-state index in [0.717, 1.165) is 6.07 Å². The van der Waals surface area contributed by atoms with Gasteiger partial charge in [-0.1, -0.05) is 19.1 Å². The van der Waals surface area contributed by atoms with Crippen LogP contribution in [0.4, 0.5) is 19.0 Å². The topological polar surface area (TPSA) is 57.2 Å². The first kappa shape index (κ1) is 16.4. The number of alkyl halides is 2. The number of nitriles is 1. The van der Waals surface area contributed by atoms with Crippen molar-refractivity contribution in [3.8, 4) is 6.07 Å². The summed E-state index contributed by atoms with van der Waals surface area (Å²) in [6.45, 7) is 1.52. The molecule has 26 heavy (non-hydrogen) atoms. The fourth-order valence-corrected chi connectivity index (χ4v) is 3.40. The van der Waals surface area contributed by atoms with E-state index in [4.69, 9.17) is 5.26 Å². The predicted molar refractivity (Wildman–Crippen MR) is 88.3 cm³/mol. The van der Waals surface area contributed by atoms with Gasteiger partial charge >= 0.3 is 0 Å². The minimum Gasteiger partial charge on any atom is -0.342 e. The Labute approximate surface area is 147 Å². The molecule has 0 aliphatic carbocycles. The molecule has 1 fully saturated rings. The number of hydrogen-bond donors (Lipinski definition) is 0. The number of benzene rings is 1. The Kier molecular flexibility index (Phi) is 3.61. The van der Waals surface area contributed by atoms with Crippen molar-refractivity contribution < 1.29 is 13.2 Å². The molecule has 0 bridgehead atoms. The van der Waals surface area contributed by atoms with Gasteiger partial charge in [-0.25, -0.2) is 22.7 Å². The normalized spacial score (nSPS) is 21.9. The van der Waals surface area contributed by atoms with Crippen molar-refractivity contribution in [2.75, 3.05) is 11.4 Å². The molecule has 4 rings (SSSR count). The lowest BCUT2D eigenvalue weighted by molar-refractivity contribution is -0.0438. The number of fused-ring (bicyclic) bond motifs is 1. The predicted octanol–water partition coefficient (Wildman–Crippen LogP) is 3.57. The lowest BCUT2D eigenvalue weighted by atomic mass is 9.96. The van der Waals surface area contributed by atoms with Crippen LogP contribution in [0.1, 0.15) is 24.2 Å². The van der Waals surface area contributed by atoms with E-state index < -0.39 is 23.7 Å². The summed E-state index contributed by atoms with van der Waals surface area (Å²) >= 11 is 0. The zero-order chi connectivity index (χ0) is 18.5. The molecular weight excluding hydrogens is 343 g/mol. The molecular formula is C18H14F3N5. The highest BCUT2D eigenvalue weighted by atomic mass is 19.3. The lowest BCUT2D eigenvalue weighted by Crippen LogP contribution is -2.33. The van der Waals surface area contributed by atoms with Gasteiger partial charge in [-0.15, -0.1) is 5.10 Å². The van der Waals surface area contributed by atoms with Crippen LogP contribution in [0.15, 0.2) is 42.6 Å². The van der Waals surface area contributed by atoms with Gasteiger partial charge in [-0.05, 0) is 29.8 Å². The molecule has 2 atom stereocenters. The minimum absolute atomic E-state index is 0.0588. The van der Waals surface area contributed by atoms with Gasteiger partial charge in [0.05, 0.1) is 6.20 Å². The van der Waals surface area contributed by atoms with Gasteiger partial charge in [0.1, 0.15) is 23.7 Å².